The summed E-state index contributed by atoms with van der Waals surface area (Å²) < 4.78 is 10.7. The lowest BCUT2D eigenvalue weighted by Crippen LogP contribution is -2.44. The van der Waals surface area contributed by atoms with Crippen LogP contribution in [0.3, 0.4) is 0 Å². The fourth-order valence-electron chi connectivity index (χ4n) is 3.10. The Labute approximate surface area is 160 Å². The maximum Gasteiger partial charge on any atom is 0.328 e. The number of hydrogen-bond acceptors (Lipinski definition) is 5. The molecule has 0 saturated carbocycles. The Balaban J connectivity index is 2.03. The first-order valence-corrected chi connectivity index (χ1v) is 9.17. The van der Waals surface area contributed by atoms with Gasteiger partial charge in [-0.1, -0.05) is 26.0 Å². The highest BCUT2D eigenvalue weighted by atomic mass is 16.5. The predicted molar refractivity (Wildman–Crippen MR) is 102 cm³/mol. The van der Waals surface area contributed by atoms with Crippen LogP contribution in [0.4, 0.5) is 0 Å². The average Bonchev–Trinajstić information content (AvgIpc) is 2.92. The Kier molecular flexibility index (Phi) is 6.65. The third-order valence-electron chi connectivity index (χ3n) is 4.25. The Bertz CT molecular complexity index is 700. The van der Waals surface area contributed by atoms with Gasteiger partial charge in [-0.25, -0.2) is 4.79 Å². The minimum atomic E-state index is -0.775. The van der Waals surface area contributed by atoms with Gasteiger partial charge in [-0.2, -0.15) is 0 Å². The molecule has 0 fully saturated rings. The lowest BCUT2D eigenvalue weighted by atomic mass is 9.99. The van der Waals surface area contributed by atoms with Gasteiger partial charge in [-0.05, 0) is 43.9 Å². The zero-order valence-corrected chi connectivity index (χ0v) is 16.7. The van der Waals surface area contributed by atoms with Crippen molar-refractivity contribution < 1.29 is 24.2 Å². The number of nitrogens with zero attached hydrogens (tertiary/aromatic N) is 1. The van der Waals surface area contributed by atoms with Gasteiger partial charge in [-0.15, -0.1) is 0 Å². The molecule has 0 radical (unpaired) electrons. The van der Waals surface area contributed by atoms with E-state index in [2.05, 4.69) is 0 Å². The summed E-state index contributed by atoms with van der Waals surface area (Å²) in [6, 6.07) is 6.77. The van der Waals surface area contributed by atoms with E-state index in [0.717, 1.165) is 5.56 Å². The molecule has 1 aliphatic rings. The molecule has 148 valence electrons. The summed E-state index contributed by atoms with van der Waals surface area (Å²) >= 11 is 0. The lowest BCUT2D eigenvalue weighted by molar-refractivity contribution is -0.151. The Morgan fingerprint density at radius 2 is 1.89 bits per heavy atom. The standard InChI is InChI=1S/C21H29NO5/c1-14(2)10-18(20(24)26-5)22-13-17(11-19(22)23)27-16-8-6-15(7-9-16)12-21(3,4)25/h6-9,11,14,18,25H,10,12-13H2,1-5H3/t18-/m0/s1. The van der Waals surface area contributed by atoms with Gasteiger partial charge < -0.3 is 19.5 Å². The molecule has 0 unspecified atom stereocenters. The van der Waals surface area contributed by atoms with Gasteiger partial charge in [0, 0.05) is 12.5 Å². The van der Waals surface area contributed by atoms with Crippen molar-refractivity contribution in [3.8, 4) is 5.75 Å². The minimum Gasteiger partial charge on any atom is -0.467 e. The molecule has 2 rings (SSSR count). The quantitative estimate of drug-likeness (QED) is 0.707. The van der Waals surface area contributed by atoms with Crippen LogP contribution in [-0.4, -0.2) is 47.2 Å². The van der Waals surface area contributed by atoms with Crippen LogP contribution in [0.5, 0.6) is 5.75 Å². The SMILES string of the molecule is COC(=O)[C@H](CC(C)C)N1CC(Oc2ccc(CC(C)(C)O)cc2)=CC1=O. The van der Waals surface area contributed by atoms with Crippen molar-refractivity contribution in [2.24, 2.45) is 5.92 Å². The number of rotatable bonds is 8. The first-order chi connectivity index (χ1) is 12.6. The number of carbonyl (C=O) groups excluding carboxylic acids is 2. The van der Waals surface area contributed by atoms with E-state index >= 15 is 0 Å². The number of aliphatic hydroxyl groups is 1. The topological polar surface area (TPSA) is 76.1 Å². The summed E-state index contributed by atoms with van der Waals surface area (Å²) in [4.78, 5) is 25.9. The fourth-order valence-corrected chi connectivity index (χ4v) is 3.10. The molecular weight excluding hydrogens is 346 g/mol. The summed E-state index contributed by atoms with van der Waals surface area (Å²) in [6.45, 7) is 7.75. The van der Waals surface area contributed by atoms with E-state index in [1.54, 1.807) is 26.0 Å². The molecule has 1 amide bonds. The van der Waals surface area contributed by atoms with E-state index in [9.17, 15) is 14.7 Å². The largest absolute Gasteiger partial charge is 0.467 e. The zero-order chi connectivity index (χ0) is 20.2. The van der Waals surface area contributed by atoms with E-state index in [4.69, 9.17) is 9.47 Å². The number of carbonyl (C=O) groups is 2. The number of esters is 1. The molecule has 6 nitrogen and oxygen atoms in total. The molecule has 1 aromatic carbocycles. The second-order valence-electron chi connectivity index (χ2n) is 7.98. The number of hydrogen-bond donors (Lipinski definition) is 1. The van der Waals surface area contributed by atoms with Crippen LogP contribution in [0.1, 0.15) is 39.7 Å². The maximum absolute atomic E-state index is 12.4. The Morgan fingerprint density at radius 3 is 2.41 bits per heavy atom. The van der Waals surface area contributed by atoms with E-state index in [1.807, 2.05) is 26.0 Å². The molecule has 1 aromatic rings. The highest BCUT2D eigenvalue weighted by molar-refractivity contribution is 5.94. The summed E-state index contributed by atoms with van der Waals surface area (Å²) in [7, 11) is 1.33. The Morgan fingerprint density at radius 1 is 1.26 bits per heavy atom. The first kappa shape index (κ1) is 21.0. The smallest absolute Gasteiger partial charge is 0.328 e. The van der Waals surface area contributed by atoms with Gasteiger partial charge in [0.05, 0.1) is 19.3 Å². The number of ether oxygens (including phenoxy) is 2. The van der Waals surface area contributed by atoms with Crippen LogP contribution in [0.15, 0.2) is 36.1 Å². The monoisotopic (exact) mass is 375 g/mol. The van der Waals surface area contributed by atoms with E-state index in [1.165, 1.54) is 18.1 Å². The summed E-state index contributed by atoms with van der Waals surface area (Å²) in [5.74, 6) is 0.680. The molecule has 1 aliphatic heterocycles. The molecule has 0 aromatic heterocycles. The van der Waals surface area contributed by atoms with Gasteiger partial charge >= 0.3 is 5.97 Å². The molecule has 1 atom stereocenters. The molecule has 27 heavy (non-hydrogen) atoms. The summed E-state index contributed by atoms with van der Waals surface area (Å²) in [5.41, 5.74) is 0.221. The van der Waals surface area contributed by atoms with Crippen LogP contribution < -0.4 is 4.74 Å². The molecule has 6 heteroatoms. The zero-order valence-electron chi connectivity index (χ0n) is 16.7. The molecule has 1 N–H and O–H groups in total. The Hall–Kier alpha value is -2.34. The maximum atomic E-state index is 12.4. The second-order valence-corrected chi connectivity index (χ2v) is 7.98. The second kappa shape index (κ2) is 8.57. The van der Waals surface area contributed by atoms with Crippen LogP contribution in [-0.2, 0) is 20.7 Å². The van der Waals surface area contributed by atoms with Crippen LogP contribution >= 0.6 is 0 Å². The van der Waals surface area contributed by atoms with Crippen molar-refractivity contribution in [1.82, 2.24) is 4.90 Å². The van der Waals surface area contributed by atoms with Crippen molar-refractivity contribution in [3.05, 3.63) is 41.7 Å². The van der Waals surface area contributed by atoms with E-state index in [0.29, 0.717) is 24.4 Å². The highest BCUT2D eigenvalue weighted by Gasteiger charge is 2.35. The van der Waals surface area contributed by atoms with E-state index < -0.39 is 17.6 Å². The minimum absolute atomic E-state index is 0.233. The van der Waals surface area contributed by atoms with E-state index in [-0.39, 0.29) is 18.4 Å². The third kappa shape index (κ3) is 6.10. The van der Waals surface area contributed by atoms with Gasteiger partial charge in [0.15, 0.2) is 0 Å². The fraction of sp³-hybridized carbons (Fsp3) is 0.524. The predicted octanol–water partition coefficient (Wildman–Crippen LogP) is 2.69. The van der Waals surface area contributed by atoms with Crippen LogP contribution in [0.2, 0.25) is 0 Å². The first-order valence-electron chi connectivity index (χ1n) is 9.17. The lowest BCUT2D eigenvalue weighted by Gasteiger charge is -2.27. The summed E-state index contributed by atoms with van der Waals surface area (Å²) in [6.07, 6.45) is 2.49. The average molecular weight is 375 g/mol. The number of benzene rings is 1. The van der Waals surface area contributed by atoms with Crippen molar-refractivity contribution in [2.45, 2.75) is 52.2 Å². The molecule has 0 saturated heterocycles. The molecule has 1 heterocycles. The molecule has 0 spiro atoms. The molecule has 0 aliphatic carbocycles. The summed E-state index contributed by atoms with van der Waals surface area (Å²) in [5, 5.41) is 9.89. The van der Waals surface area contributed by atoms with Crippen molar-refractivity contribution in [2.75, 3.05) is 13.7 Å². The van der Waals surface area contributed by atoms with Gasteiger partial charge in [0.1, 0.15) is 17.6 Å². The van der Waals surface area contributed by atoms with Crippen molar-refractivity contribution in [3.63, 3.8) is 0 Å². The van der Waals surface area contributed by atoms with Gasteiger partial charge in [0.25, 0.3) is 5.91 Å². The van der Waals surface area contributed by atoms with Crippen LogP contribution in [0, 0.1) is 5.92 Å². The normalized spacial score (nSPS) is 15.7. The highest BCUT2D eigenvalue weighted by Crippen LogP contribution is 2.24. The van der Waals surface area contributed by atoms with Gasteiger partial charge in [-0.3, -0.25) is 4.79 Å². The number of methoxy groups -OCH3 is 1. The van der Waals surface area contributed by atoms with Gasteiger partial charge in [0.2, 0.25) is 0 Å². The number of amides is 1. The van der Waals surface area contributed by atoms with Crippen molar-refractivity contribution >= 4 is 11.9 Å². The van der Waals surface area contributed by atoms with Crippen molar-refractivity contribution in [1.29, 1.82) is 0 Å². The molecule has 0 bridgehead atoms. The van der Waals surface area contributed by atoms with Crippen LogP contribution in [0.25, 0.3) is 0 Å². The third-order valence-corrected chi connectivity index (χ3v) is 4.25. The molecular formula is C21H29NO5.